The number of carbonyl (C=O) groups excluding carboxylic acids is 1. The molecule has 2 aliphatic heterocycles. The number of aromatic nitrogens is 2. The lowest BCUT2D eigenvalue weighted by atomic mass is 9.95. The highest BCUT2D eigenvalue weighted by Crippen LogP contribution is 2.28. The van der Waals surface area contributed by atoms with Crippen molar-refractivity contribution in [2.75, 3.05) is 43.6 Å². The largest absolute Gasteiger partial charge is 0.497 e. The number of rotatable bonds is 6. The van der Waals surface area contributed by atoms with Crippen LogP contribution >= 0.6 is 0 Å². The van der Waals surface area contributed by atoms with Gasteiger partial charge in [0.25, 0.3) is 0 Å². The molecule has 0 atom stereocenters. The highest BCUT2D eigenvalue weighted by atomic mass is 16.5. The maximum atomic E-state index is 12.7. The smallest absolute Gasteiger partial charge is 0.324 e. The summed E-state index contributed by atoms with van der Waals surface area (Å²) in [5, 5.41) is 7.15. The van der Waals surface area contributed by atoms with Gasteiger partial charge in [0.05, 0.1) is 20.3 Å². The third kappa shape index (κ3) is 4.31. The third-order valence-corrected chi connectivity index (χ3v) is 6.19. The summed E-state index contributed by atoms with van der Waals surface area (Å²) in [6.45, 7) is 2.96. The lowest BCUT2D eigenvalue weighted by Gasteiger charge is -2.29. The van der Waals surface area contributed by atoms with Gasteiger partial charge in [0.1, 0.15) is 5.75 Å². The van der Waals surface area contributed by atoms with Crippen molar-refractivity contribution >= 4 is 17.6 Å². The first-order valence-electron chi connectivity index (χ1n) is 10.9. The first kappa shape index (κ1) is 20.5. The second-order valence-electron chi connectivity index (χ2n) is 8.24. The van der Waals surface area contributed by atoms with E-state index < -0.39 is 0 Å². The van der Waals surface area contributed by atoms with Crippen LogP contribution in [0.3, 0.4) is 0 Å². The molecule has 1 amide bonds. The molecule has 2 aromatic carbocycles. The van der Waals surface area contributed by atoms with Crippen LogP contribution in [0.5, 0.6) is 5.75 Å². The van der Waals surface area contributed by atoms with E-state index in [9.17, 15) is 4.79 Å². The summed E-state index contributed by atoms with van der Waals surface area (Å²) in [7, 11) is 1.63. The van der Waals surface area contributed by atoms with E-state index >= 15 is 0 Å². The van der Waals surface area contributed by atoms with Gasteiger partial charge in [-0.05, 0) is 54.8 Å². The predicted molar refractivity (Wildman–Crippen MR) is 120 cm³/mol. The number of hydrogen-bond donors (Lipinski definition) is 1. The van der Waals surface area contributed by atoms with Crippen molar-refractivity contribution in [3.8, 4) is 17.1 Å². The van der Waals surface area contributed by atoms with Gasteiger partial charge in [-0.1, -0.05) is 17.3 Å². The molecule has 1 aromatic heterocycles. The van der Waals surface area contributed by atoms with Gasteiger partial charge >= 0.3 is 6.01 Å². The SMILES string of the molecule is COc1ccc(-c2noc(N3CCC(C(=O)Nc4ccc(C5COC5)cc4)CC3)n2)cc1. The average molecular weight is 434 g/mol. The molecule has 1 N–H and O–H groups in total. The maximum Gasteiger partial charge on any atom is 0.324 e. The van der Waals surface area contributed by atoms with E-state index in [1.807, 2.05) is 41.3 Å². The van der Waals surface area contributed by atoms with Crippen molar-refractivity contribution in [1.82, 2.24) is 10.1 Å². The summed E-state index contributed by atoms with van der Waals surface area (Å²) in [4.78, 5) is 19.3. The Hall–Kier alpha value is -3.39. The van der Waals surface area contributed by atoms with Gasteiger partial charge in [-0.3, -0.25) is 4.79 Å². The molecule has 0 bridgehead atoms. The molecule has 0 unspecified atom stereocenters. The van der Waals surface area contributed by atoms with E-state index in [1.165, 1.54) is 5.56 Å². The van der Waals surface area contributed by atoms with Crippen molar-refractivity contribution in [3.63, 3.8) is 0 Å². The van der Waals surface area contributed by atoms with Crippen LogP contribution < -0.4 is 15.0 Å². The molecular formula is C24H26N4O4. The Balaban J connectivity index is 1.14. The van der Waals surface area contributed by atoms with Crippen molar-refractivity contribution in [1.29, 1.82) is 0 Å². The lowest BCUT2D eigenvalue weighted by Crippen LogP contribution is -2.38. The second-order valence-corrected chi connectivity index (χ2v) is 8.24. The minimum Gasteiger partial charge on any atom is -0.497 e. The molecule has 32 heavy (non-hydrogen) atoms. The van der Waals surface area contributed by atoms with E-state index in [4.69, 9.17) is 14.0 Å². The number of amides is 1. The highest BCUT2D eigenvalue weighted by Gasteiger charge is 2.28. The monoisotopic (exact) mass is 434 g/mol. The zero-order chi connectivity index (χ0) is 21.9. The molecule has 8 nitrogen and oxygen atoms in total. The molecule has 5 rings (SSSR count). The van der Waals surface area contributed by atoms with Crippen LogP contribution in [-0.2, 0) is 9.53 Å². The third-order valence-electron chi connectivity index (χ3n) is 6.19. The minimum atomic E-state index is -0.0325. The van der Waals surface area contributed by atoms with Crippen molar-refractivity contribution < 1.29 is 18.8 Å². The van der Waals surface area contributed by atoms with Gasteiger partial charge in [-0.25, -0.2) is 0 Å². The number of nitrogens with one attached hydrogen (secondary N) is 1. The Labute approximate surface area is 186 Å². The molecule has 0 saturated carbocycles. The quantitative estimate of drug-likeness (QED) is 0.632. The minimum absolute atomic E-state index is 0.0325. The highest BCUT2D eigenvalue weighted by molar-refractivity contribution is 5.92. The van der Waals surface area contributed by atoms with Crippen LogP contribution in [0.25, 0.3) is 11.4 Å². The summed E-state index contributed by atoms with van der Waals surface area (Å²) in [6, 6.07) is 16.1. The van der Waals surface area contributed by atoms with Gasteiger partial charge < -0.3 is 24.2 Å². The standard InChI is InChI=1S/C24H26N4O4/c1-30-21-8-4-17(5-9-21)22-26-24(32-27-22)28-12-10-18(11-13-28)23(29)25-20-6-2-16(3-7-20)19-14-31-15-19/h2-9,18-19H,10-15H2,1H3,(H,25,29). The Morgan fingerprint density at radius 2 is 1.78 bits per heavy atom. The molecule has 0 aliphatic carbocycles. The molecule has 3 aromatic rings. The Morgan fingerprint density at radius 3 is 2.41 bits per heavy atom. The Kier molecular flexibility index (Phi) is 5.77. The van der Waals surface area contributed by atoms with E-state index in [1.54, 1.807) is 7.11 Å². The predicted octanol–water partition coefficient (Wildman–Crippen LogP) is 3.71. The Bertz CT molecular complexity index is 1050. The fourth-order valence-electron chi connectivity index (χ4n) is 4.05. The zero-order valence-corrected chi connectivity index (χ0v) is 18.0. The van der Waals surface area contributed by atoms with Gasteiger partial charge in [0.2, 0.25) is 11.7 Å². The molecule has 2 saturated heterocycles. The Morgan fingerprint density at radius 1 is 1.06 bits per heavy atom. The van der Waals surface area contributed by atoms with Crippen LogP contribution in [0.15, 0.2) is 53.1 Å². The summed E-state index contributed by atoms with van der Waals surface area (Å²) < 4.78 is 15.9. The fraction of sp³-hybridized carbons (Fsp3) is 0.375. The molecule has 2 fully saturated rings. The van der Waals surface area contributed by atoms with Gasteiger partial charge in [0.15, 0.2) is 0 Å². The van der Waals surface area contributed by atoms with Crippen LogP contribution in [0, 0.1) is 5.92 Å². The van der Waals surface area contributed by atoms with E-state index in [2.05, 4.69) is 27.6 Å². The van der Waals surface area contributed by atoms with E-state index in [0.717, 1.165) is 43.1 Å². The van der Waals surface area contributed by atoms with Gasteiger partial charge in [-0.15, -0.1) is 0 Å². The zero-order valence-electron chi connectivity index (χ0n) is 18.0. The van der Waals surface area contributed by atoms with E-state index in [-0.39, 0.29) is 11.8 Å². The van der Waals surface area contributed by atoms with Crippen molar-refractivity contribution in [2.24, 2.45) is 5.92 Å². The summed E-state index contributed by atoms with van der Waals surface area (Å²) in [6.07, 6.45) is 1.48. The normalized spacial score (nSPS) is 17.1. The molecule has 3 heterocycles. The van der Waals surface area contributed by atoms with Gasteiger partial charge in [0, 0.05) is 36.2 Å². The summed E-state index contributed by atoms with van der Waals surface area (Å²) >= 11 is 0. The topological polar surface area (TPSA) is 89.7 Å². The first-order chi connectivity index (χ1) is 15.7. The van der Waals surface area contributed by atoms with Gasteiger partial charge in [-0.2, -0.15) is 4.98 Å². The number of methoxy groups -OCH3 is 1. The first-order valence-corrected chi connectivity index (χ1v) is 10.9. The number of benzene rings is 2. The number of hydrogen-bond acceptors (Lipinski definition) is 7. The van der Waals surface area contributed by atoms with Crippen LogP contribution in [-0.4, -0.2) is 49.5 Å². The maximum absolute atomic E-state index is 12.7. The molecule has 166 valence electrons. The fourth-order valence-corrected chi connectivity index (χ4v) is 4.05. The van der Waals surface area contributed by atoms with E-state index in [0.29, 0.717) is 30.8 Å². The number of anilines is 2. The number of piperidine rings is 1. The number of nitrogens with zero attached hydrogens (tertiary/aromatic N) is 3. The van der Waals surface area contributed by atoms with Crippen molar-refractivity contribution in [2.45, 2.75) is 18.8 Å². The van der Waals surface area contributed by atoms with Crippen LogP contribution in [0.2, 0.25) is 0 Å². The second kappa shape index (κ2) is 9.00. The molecule has 0 spiro atoms. The lowest BCUT2D eigenvalue weighted by molar-refractivity contribution is -0.120. The average Bonchev–Trinajstić information content (AvgIpc) is 3.30. The summed E-state index contributed by atoms with van der Waals surface area (Å²) in [5.41, 5.74) is 2.96. The van der Waals surface area contributed by atoms with Crippen LogP contribution in [0.4, 0.5) is 11.7 Å². The molecule has 8 heteroatoms. The van der Waals surface area contributed by atoms with Crippen LogP contribution in [0.1, 0.15) is 24.3 Å². The summed E-state index contributed by atoms with van der Waals surface area (Å²) in [5.74, 6) is 1.84. The molecule has 2 aliphatic rings. The molecular weight excluding hydrogens is 408 g/mol. The number of ether oxygens (including phenoxy) is 2. The molecule has 0 radical (unpaired) electrons. The van der Waals surface area contributed by atoms with Crippen molar-refractivity contribution in [3.05, 3.63) is 54.1 Å². The number of carbonyl (C=O) groups is 1.